The first kappa shape index (κ1) is 61.5. The average molecular weight is 1010 g/mol. The van der Waals surface area contributed by atoms with Crippen LogP contribution in [0.25, 0.3) is 0 Å². The van der Waals surface area contributed by atoms with Crippen LogP contribution < -0.4 is 37.6 Å². The predicted molar refractivity (Wildman–Crippen MR) is 272 cm³/mol. The fourth-order valence-electron chi connectivity index (χ4n) is 6.10. The molecule has 0 aliphatic heterocycles. The van der Waals surface area contributed by atoms with Crippen LogP contribution in [0.15, 0.2) is 78.9 Å². The summed E-state index contributed by atoms with van der Waals surface area (Å²) >= 11 is 0. The second-order valence-corrected chi connectivity index (χ2v) is 19.6. The van der Waals surface area contributed by atoms with Crippen LogP contribution >= 0.6 is 0 Å². The van der Waals surface area contributed by atoms with E-state index in [9.17, 15) is 38.4 Å². The summed E-state index contributed by atoms with van der Waals surface area (Å²) in [5.74, 6) is -3.61. The lowest BCUT2D eigenvalue weighted by Crippen LogP contribution is -2.45. The number of anilines is 2. The summed E-state index contributed by atoms with van der Waals surface area (Å²) in [6.45, 7) is 15.7. The molecular formula is C52H77N7O13. The zero-order valence-electron chi connectivity index (χ0n) is 43.3. The summed E-state index contributed by atoms with van der Waals surface area (Å²) in [5.41, 5.74) is 5.01. The third-order valence-corrected chi connectivity index (χ3v) is 9.39. The summed E-state index contributed by atoms with van der Waals surface area (Å²) < 4.78 is 27.0. The van der Waals surface area contributed by atoms with Gasteiger partial charge in [-0.25, -0.2) is 9.59 Å². The SMILES string of the molecule is CC(C)(C)OC(=O)Nc1ccc(C(=O)NCCCCC(NC(=O)COCCOCCNC(=O)CCC(NC(=O)CCC(N)C(=O)OC(C)(C)C)C(=O)OC(C)(C)C)C(=O)Nc2ccccccccc2)cc1. The Kier molecular flexibility index (Phi) is 27.0. The minimum Gasteiger partial charge on any atom is -0.459 e. The molecule has 0 fully saturated rings. The van der Waals surface area contributed by atoms with E-state index in [-0.39, 0.29) is 71.0 Å². The predicted octanol–water partition coefficient (Wildman–Crippen LogP) is 5.39. The molecule has 20 nitrogen and oxygen atoms in total. The highest BCUT2D eigenvalue weighted by molar-refractivity contribution is 5.97. The highest BCUT2D eigenvalue weighted by Gasteiger charge is 2.29. The first-order valence-corrected chi connectivity index (χ1v) is 24.1. The van der Waals surface area contributed by atoms with E-state index in [4.69, 9.17) is 29.4 Å². The molecule has 8 N–H and O–H groups in total. The van der Waals surface area contributed by atoms with Gasteiger partial charge in [-0.15, -0.1) is 0 Å². The average Bonchev–Trinajstić information content (AvgIpc) is 3.27. The van der Waals surface area contributed by atoms with Crippen molar-refractivity contribution in [1.82, 2.24) is 21.3 Å². The number of nitrogens with one attached hydrogen (secondary N) is 6. The Balaban J connectivity index is 1.83. The molecule has 0 saturated carbocycles. The minimum absolute atomic E-state index is 0.0171. The molecule has 0 aliphatic rings. The van der Waals surface area contributed by atoms with Gasteiger partial charge in [0.1, 0.15) is 41.5 Å². The van der Waals surface area contributed by atoms with Crippen LogP contribution in [0.2, 0.25) is 0 Å². The molecule has 0 aromatic heterocycles. The van der Waals surface area contributed by atoms with Crippen LogP contribution in [0.4, 0.5) is 16.2 Å². The van der Waals surface area contributed by atoms with Crippen molar-refractivity contribution in [3.05, 3.63) is 84.4 Å². The van der Waals surface area contributed by atoms with Crippen LogP contribution in [0.5, 0.6) is 0 Å². The van der Waals surface area contributed by atoms with E-state index in [1.165, 1.54) is 0 Å². The number of rotatable bonds is 27. The molecule has 0 aliphatic carbocycles. The van der Waals surface area contributed by atoms with Crippen LogP contribution in [0, 0.1) is 0 Å². The molecule has 398 valence electrons. The number of hydrogen-bond donors (Lipinski definition) is 7. The van der Waals surface area contributed by atoms with E-state index in [0.29, 0.717) is 36.3 Å². The topological polar surface area (TPSA) is 281 Å². The van der Waals surface area contributed by atoms with Crippen molar-refractivity contribution < 1.29 is 62.0 Å². The second-order valence-electron chi connectivity index (χ2n) is 19.6. The fraction of sp³-hybridized carbons (Fsp3) is 0.538. The van der Waals surface area contributed by atoms with Crippen LogP contribution in [-0.4, -0.2) is 122 Å². The number of nitrogens with two attached hydrogens (primary N) is 1. The lowest BCUT2D eigenvalue weighted by molar-refractivity contribution is -0.159. The van der Waals surface area contributed by atoms with Gasteiger partial charge >= 0.3 is 18.0 Å². The Morgan fingerprint density at radius 1 is 0.514 bits per heavy atom. The summed E-state index contributed by atoms with van der Waals surface area (Å²) in [5, 5.41) is 16.4. The lowest BCUT2D eigenvalue weighted by atomic mass is 10.1. The maximum absolute atomic E-state index is 13.5. The molecule has 3 unspecified atom stereocenters. The monoisotopic (exact) mass is 1010 g/mol. The fourth-order valence-corrected chi connectivity index (χ4v) is 6.10. The van der Waals surface area contributed by atoms with Crippen LogP contribution in [0.3, 0.4) is 0 Å². The molecule has 0 radical (unpaired) electrons. The number of carbonyl (C=O) groups is 8. The van der Waals surface area contributed by atoms with E-state index < -0.39 is 76.6 Å². The maximum atomic E-state index is 13.5. The first-order chi connectivity index (χ1) is 33.8. The van der Waals surface area contributed by atoms with E-state index in [1.54, 1.807) is 111 Å². The van der Waals surface area contributed by atoms with Crippen molar-refractivity contribution >= 4 is 58.9 Å². The lowest BCUT2D eigenvalue weighted by Gasteiger charge is -2.25. The van der Waals surface area contributed by atoms with Gasteiger partial charge in [0.25, 0.3) is 5.91 Å². The van der Waals surface area contributed by atoms with Crippen molar-refractivity contribution in [3.8, 4) is 0 Å². The summed E-state index contributed by atoms with van der Waals surface area (Å²) in [6.07, 6.45) is 0.263. The third-order valence-electron chi connectivity index (χ3n) is 9.39. The molecule has 3 atom stereocenters. The molecule has 0 bridgehead atoms. The zero-order chi connectivity index (χ0) is 53.7. The molecule has 0 heterocycles. The van der Waals surface area contributed by atoms with Gasteiger partial charge in [-0.2, -0.15) is 0 Å². The second kappa shape index (κ2) is 31.6. The highest BCUT2D eigenvalue weighted by Crippen LogP contribution is 2.15. The zero-order valence-corrected chi connectivity index (χ0v) is 43.3. The van der Waals surface area contributed by atoms with Crippen molar-refractivity contribution in [2.24, 2.45) is 5.73 Å². The molecule has 72 heavy (non-hydrogen) atoms. The van der Waals surface area contributed by atoms with Crippen LogP contribution in [-0.2, 0) is 52.5 Å². The Hall–Kier alpha value is -6.64. The standard InChI is InChI=1S/C52H77N7O13/c1-50(2,3)70-47(65)39(53)26-28-43(61)59-41(48(66)71-51(4,5)6)27-29-42(60)54-31-32-68-33-34-69-35-44(62)58-40(46(64)56-37-19-15-13-11-10-12-14-16-20-37)21-17-18-30-55-45(63)36-22-24-38(25-23-36)57-49(67)72-52(7,8)9/h10-16,19-20,22-25,39-41H,17-18,21,26-35,53H2,1-9H3,(H,54,60)(H,55,63)(H,56,64)(H,57,67)(H,58,62)(H,59,61). The number of carbonyl (C=O) groups excluding carboxylic acids is 8. The maximum Gasteiger partial charge on any atom is 0.412 e. The molecule has 0 saturated heterocycles. The van der Waals surface area contributed by atoms with E-state index >= 15 is 0 Å². The summed E-state index contributed by atoms with van der Waals surface area (Å²) in [7, 11) is 0. The van der Waals surface area contributed by atoms with Gasteiger partial charge in [0.15, 0.2) is 0 Å². The van der Waals surface area contributed by atoms with Gasteiger partial charge in [-0.1, -0.05) is 42.5 Å². The number of unbranched alkanes of at least 4 members (excludes halogenated alkanes) is 1. The van der Waals surface area contributed by atoms with Crippen molar-refractivity contribution in [2.75, 3.05) is 50.2 Å². The van der Waals surface area contributed by atoms with Gasteiger partial charge in [0, 0.05) is 42.9 Å². The van der Waals surface area contributed by atoms with Crippen molar-refractivity contribution in [3.63, 3.8) is 0 Å². The first-order valence-electron chi connectivity index (χ1n) is 24.1. The normalized spacial score (nSPS) is 12.6. The quantitative estimate of drug-likeness (QED) is 0.0336. The number of benzene rings is 1. The molecule has 0 spiro atoms. The number of amides is 6. The Morgan fingerprint density at radius 3 is 1.67 bits per heavy atom. The number of ether oxygens (including phenoxy) is 5. The number of esters is 2. The Morgan fingerprint density at radius 2 is 1.06 bits per heavy atom. The summed E-state index contributed by atoms with van der Waals surface area (Å²) in [6, 6.07) is 19.4. The molecule has 2 aromatic rings. The number of hydrogen-bond acceptors (Lipinski definition) is 14. The van der Waals surface area contributed by atoms with Crippen molar-refractivity contribution in [1.29, 1.82) is 0 Å². The van der Waals surface area contributed by atoms with Gasteiger partial charge in [-0.3, -0.25) is 34.1 Å². The molecule has 20 heteroatoms. The van der Waals surface area contributed by atoms with Gasteiger partial charge < -0.3 is 56.0 Å². The molecule has 2 rings (SSSR count). The minimum atomic E-state index is -1.13. The summed E-state index contributed by atoms with van der Waals surface area (Å²) in [4.78, 5) is 102. The van der Waals surface area contributed by atoms with E-state index in [0.717, 1.165) is 0 Å². The molecule has 2 aromatic carbocycles. The largest absolute Gasteiger partial charge is 0.459 e. The Labute approximate surface area is 423 Å². The van der Waals surface area contributed by atoms with Gasteiger partial charge in [0.05, 0.1) is 19.8 Å². The van der Waals surface area contributed by atoms with E-state index in [1.807, 2.05) is 30.3 Å². The van der Waals surface area contributed by atoms with Crippen molar-refractivity contribution in [2.45, 2.75) is 142 Å². The van der Waals surface area contributed by atoms with Gasteiger partial charge in [-0.05, 0) is 131 Å². The third kappa shape index (κ3) is 29.5. The molecule has 6 amide bonds. The smallest absolute Gasteiger partial charge is 0.412 e. The molecular weight excluding hydrogens is 931 g/mol. The Bertz CT molecular complexity index is 2110. The highest BCUT2D eigenvalue weighted by atomic mass is 16.6. The van der Waals surface area contributed by atoms with Gasteiger partial charge in [0.2, 0.25) is 23.6 Å². The van der Waals surface area contributed by atoms with E-state index in [2.05, 4.69) is 31.9 Å². The van der Waals surface area contributed by atoms with Crippen LogP contribution in [0.1, 0.15) is 118 Å².